The minimum Gasteiger partial charge on any atom is -0.302 e. The molecule has 0 spiro atoms. The Morgan fingerprint density at radius 2 is 1.54 bits per heavy atom. The minimum absolute atomic E-state index is 0. The van der Waals surface area contributed by atoms with Crippen LogP contribution in [0.15, 0.2) is 17.0 Å². The molecule has 1 aromatic carbocycles. The molecule has 0 fully saturated rings. The molecule has 7 heteroatoms. The maximum Gasteiger partial charge on any atom is 1.00 e. The van der Waals surface area contributed by atoms with Gasteiger partial charge in [-0.05, 0) is 12.1 Å². The van der Waals surface area contributed by atoms with Gasteiger partial charge in [0.25, 0.3) is 0 Å². The number of benzene rings is 1. The van der Waals surface area contributed by atoms with Gasteiger partial charge in [-0.15, -0.1) is 0 Å². The summed E-state index contributed by atoms with van der Waals surface area (Å²) in [6.07, 6.45) is 0. The van der Waals surface area contributed by atoms with Crippen LogP contribution in [0, 0.1) is 0 Å². The van der Waals surface area contributed by atoms with Crippen molar-refractivity contribution in [3.05, 3.63) is 27.2 Å². The van der Waals surface area contributed by atoms with E-state index in [0.29, 0.717) is 5.02 Å². The zero-order valence-corrected chi connectivity index (χ0v) is 11.6. The van der Waals surface area contributed by atoms with E-state index in [1.807, 2.05) is 0 Å². The predicted octanol–water partition coefficient (Wildman–Crippen LogP) is 0.231. The molecule has 0 saturated carbocycles. The molecular formula is C6H3Cl3NaO2S+. The molecule has 66 valence electrons. The van der Waals surface area contributed by atoms with Crippen LogP contribution in [-0.2, 0) is 11.1 Å². The molecule has 0 aliphatic heterocycles. The Bertz CT molecular complexity index is 322. The van der Waals surface area contributed by atoms with Crippen LogP contribution < -0.4 is 29.6 Å². The summed E-state index contributed by atoms with van der Waals surface area (Å²) in [5, 5.41) is 0.515. The molecule has 0 saturated heterocycles. The summed E-state index contributed by atoms with van der Waals surface area (Å²) in [5.74, 6) is 0. The molecule has 1 unspecified atom stereocenters. The van der Waals surface area contributed by atoms with E-state index in [1.165, 1.54) is 12.1 Å². The van der Waals surface area contributed by atoms with Crippen molar-refractivity contribution in [2.45, 2.75) is 4.90 Å². The van der Waals surface area contributed by atoms with Crippen LogP contribution in [0.3, 0.4) is 0 Å². The van der Waals surface area contributed by atoms with Gasteiger partial charge >= 0.3 is 29.6 Å². The van der Waals surface area contributed by atoms with Crippen molar-refractivity contribution in [3.8, 4) is 0 Å². The van der Waals surface area contributed by atoms with Crippen LogP contribution >= 0.6 is 34.8 Å². The summed E-state index contributed by atoms with van der Waals surface area (Å²) >= 11 is 14.6. The maximum atomic E-state index is 10.7. The topological polar surface area (TPSA) is 37.3 Å². The zero-order valence-electron chi connectivity index (χ0n) is 6.55. The van der Waals surface area contributed by atoms with Gasteiger partial charge in [-0.25, -0.2) is 4.21 Å². The van der Waals surface area contributed by atoms with Crippen LogP contribution in [0.4, 0.5) is 0 Å². The average molecular weight is 269 g/mol. The second-order valence-electron chi connectivity index (χ2n) is 1.95. The molecule has 1 N–H and O–H groups in total. The van der Waals surface area contributed by atoms with Gasteiger partial charge in [0.1, 0.15) is 4.90 Å². The standard InChI is InChI=1S/C6H3Cl3O2S.Na/c7-3-1-4(8)6(12(10)11)5(9)2-3;/h1-2H,(H,10,11);/q;+1. The fraction of sp³-hybridized carbons (Fsp3) is 0. The molecule has 0 radical (unpaired) electrons. The third-order valence-electron chi connectivity index (χ3n) is 1.14. The molecule has 1 atom stereocenters. The molecule has 1 rings (SSSR count). The molecule has 0 aliphatic rings. The number of rotatable bonds is 1. The van der Waals surface area contributed by atoms with Crippen molar-refractivity contribution in [3.63, 3.8) is 0 Å². The van der Waals surface area contributed by atoms with Crippen LogP contribution in [0.2, 0.25) is 15.1 Å². The molecule has 0 aliphatic carbocycles. The van der Waals surface area contributed by atoms with E-state index in [1.54, 1.807) is 0 Å². The van der Waals surface area contributed by atoms with Crippen LogP contribution in [0.1, 0.15) is 0 Å². The predicted molar refractivity (Wildman–Crippen MR) is 50.5 cm³/mol. The molecule has 0 amide bonds. The normalized spacial score (nSPS) is 12.0. The summed E-state index contributed by atoms with van der Waals surface area (Å²) in [7, 11) is 0. The van der Waals surface area contributed by atoms with E-state index in [4.69, 9.17) is 39.4 Å². The fourth-order valence-corrected chi connectivity index (χ4v) is 2.36. The van der Waals surface area contributed by atoms with Crippen molar-refractivity contribution >= 4 is 45.9 Å². The Morgan fingerprint density at radius 1 is 1.15 bits per heavy atom. The van der Waals surface area contributed by atoms with E-state index in [9.17, 15) is 4.21 Å². The van der Waals surface area contributed by atoms with Gasteiger partial charge in [-0.1, -0.05) is 34.8 Å². The second-order valence-corrected chi connectivity index (χ2v) is 4.11. The fourth-order valence-electron chi connectivity index (χ4n) is 0.696. The summed E-state index contributed by atoms with van der Waals surface area (Å²) < 4.78 is 19.4. The SMILES string of the molecule is O=S(O)c1c(Cl)cc(Cl)cc1Cl.[Na+]. The van der Waals surface area contributed by atoms with E-state index < -0.39 is 11.1 Å². The molecule has 0 bridgehead atoms. The summed E-state index contributed by atoms with van der Waals surface area (Å²) in [6, 6.07) is 2.72. The van der Waals surface area contributed by atoms with Crippen LogP contribution in [-0.4, -0.2) is 8.76 Å². The van der Waals surface area contributed by atoms with Crippen molar-refractivity contribution in [1.29, 1.82) is 0 Å². The summed E-state index contributed by atoms with van der Waals surface area (Å²) in [5.41, 5.74) is 0. The van der Waals surface area contributed by atoms with E-state index in [0.717, 1.165) is 0 Å². The molecule has 13 heavy (non-hydrogen) atoms. The van der Waals surface area contributed by atoms with Gasteiger partial charge in [0.15, 0.2) is 11.1 Å². The second kappa shape index (κ2) is 5.93. The Kier molecular flexibility index (Phi) is 6.48. The summed E-state index contributed by atoms with van der Waals surface area (Å²) in [4.78, 5) is -0.0114. The Balaban J connectivity index is 0.00000144. The molecular weight excluding hydrogens is 265 g/mol. The Morgan fingerprint density at radius 3 is 1.85 bits per heavy atom. The van der Waals surface area contributed by atoms with Crippen molar-refractivity contribution in [2.75, 3.05) is 0 Å². The Hall–Kier alpha value is 1.20. The first-order valence-electron chi connectivity index (χ1n) is 2.78. The quantitative estimate of drug-likeness (QED) is 0.585. The van der Waals surface area contributed by atoms with Gasteiger partial charge in [0.05, 0.1) is 10.0 Å². The zero-order chi connectivity index (χ0) is 9.30. The van der Waals surface area contributed by atoms with Gasteiger partial charge in [-0.2, -0.15) is 0 Å². The molecule has 0 aromatic heterocycles. The smallest absolute Gasteiger partial charge is 0.302 e. The van der Waals surface area contributed by atoms with Gasteiger partial charge < -0.3 is 4.55 Å². The largest absolute Gasteiger partial charge is 1.00 e. The first kappa shape index (κ1) is 14.2. The third-order valence-corrected chi connectivity index (χ3v) is 2.97. The maximum absolute atomic E-state index is 10.7. The Labute approximate surface area is 115 Å². The van der Waals surface area contributed by atoms with Gasteiger partial charge in [0, 0.05) is 5.02 Å². The van der Waals surface area contributed by atoms with Crippen LogP contribution in [0.5, 0.6) is 0 Å². The molecule has 0 heterocycles. The number of halogens is 3. The number of hydrogen-bond acceptors (Lipinski definition) is 1. The van der Waals surface area contributed by atoms with E-state index in [-0.39, 0.29) is 44.5 Å². The third kappa shape index (κ3) is 3.68. The van der Waals surface area contributed by atoms with Gasteiger partial charge in [0.2, 0.25) is 0 Å². The van der Waals surface area contributed by atoms with Gasteiger partial charge in [-0.3, -0.25) is 0 Å². The summed E-state index contributed by atoms with van der Waals surface area (Å²) in [6.45, 7) is 0. The monoisotopic (exact) mass is 267 g/mol. The molecule has 2 nitrogen and oxygen atoms in total. The van der Waals surface area contributed by atoms with Crippen molar-refractivity contribution in [1.82, 2.24) is 0 Å². The molecule has 1 aromatic rings. The first-order chi connectivity index (χ1) is 5.52. The van der Waals surface area contributed by atoms with Crippen LogP contribution in [0.25, 0.3) is 0 Å². The average Bonchev–Trinajstić information content (AvgIpc) is 1.82. The van der Waals surface area contributed by atoms with E-state index in [2.05, 4.69) is 0 Å². The first-order valence-corrected chi connectivity index (χ1v) is 5.02. The minimum atomic E-state index is -2.18. The van der Waals surface area contributed by atoms with E-state index >= 15 is 0 Å². The van der Waals surface area contributed by atoms with Crippen molar-refractivity contribution in [2.24, 2.45) is 0 Å². The number of hydrogen-bond donors (Lipinski definition) is 1. The van der Waals surface area contributed by atoms with Crippen molar-refractivity contribution < 1.29 is 38.3 Å².